The number of rotatable bonds is 7. The summed E-state index contributed by atoms with van der Waals surface area (Å²) in [6.45, 7) is 4.47. The maximum absolute atomic E-state index is 12.3. The summed E-state index contributed by atoms with van der Waals surface area (Å²) in [7, 11) is 1.68. The zero-order valence-corrected chi connectivity index (χ0v) is 19.4. The number of ether oxygens (including phenoxy) is 2. The third kappa shape index (κ3) is 7.41. The van der Waals surface area contributed by atoms with E-state index in [1.807, 2.05) is 49.4 Å². The topological polar surface area (TPSA) is 47.6 Å². The molecular weight excluding hydrogens is 429 g/mol. The van der Waals surface area contributed by atoms with E-state index in [1.54, 1.807) is 7.11 Å². The molecule has 1 aliphatic rings. The second-order valence-corrected chi connectivity index (χ2v) is 8.16. The molecule has 0 spiro atoms. The number of carbonyl (C=O) groups is 1. The van der Waals surface area contributed by atoms with Gasteiger partial charge in [0.1, 0.15) is 11.8 Å². The summed E-state index contributed by atoms with van der Waals surface area (Å²) < 4.78 is 11.8. The van der Waals surface area contributed by atoms with E-state index >= 15 is 0 Å². The maximum atomic E-state index is 12.3. The molecule has 157 valence electrons. The van der Waals surface area contributed by atoms with Crippen molar-refractivity contribution in [2.75, 3.05) is 19.0 Å². The van der Waals surface area contributed by atoms with Crippen LogP contribution in [-0.2, 0) is 16.0 Å². The molecule has 5 heteroatoms. The van der Waals surface area contributed by atoms with Crippen molar-refractivity contribution >= 4 is 32.1 Å². The Labute approximate surface area is 183 Å². The van der Waals surface area contributed by atoms with E-state index in [9.17, 15) is 4.79 Å². The molecule has 1 aliphatic heterocycles. The van der Waals surface area contributed by atoms with E-state index < -0.39 is 0 Å². The average Bonchev–Trinajstić information content (AvgIpc) is 2.74. The monoisotopic (exact) mass is 462 g/mol. The summed E-state index contributed by atoms with van der Waals surface area (Å²) in [6.07, 6.45) is 5.48. The molecule has 2 aromatic rings. The van der Waals surface area contributed by atoms with Crippen LogP contribution < -0.4 is 14.5 Å². The van der Waals surface area contributed by atoms with Gasteiger partial charge >= 0.3 is 56.8 Å². The number of benzene rings is 2. The summed E-state index contributed by atoms with van der Waals surface area (Å²) in [5.41, 5.74) is 2.24. The Kier molecular flexibility index (Phi) is 10.1. The predicted octanol–water partition coefficient (Wildman–Crippen LogP) is 4.27. The van der Waals surface area contributed by atoms with Crippen LogP contribution in [0.3, 0.4) is 0 Å². The Morgan fingerprint density at radius 1 is 1.14 bits per heavy atom. The normalized spacial score (nSPS) is 17.2. The summed E-state index contributed by atoms with van der Waals surface area (Å²) >= 11 is 2.90. The van der Waals surface area contributed by atoms with Crippen molar-refractivity contribution in [3.63, 3.8) is 0 Å². The fourth-order valence-corrected chi connectivity index (χ4v) is 3.85. The van der Waals surface area contributed by atoms with Gasteiger partial charge < -0.3 is 14.8 Å². The van der Waals surface area contributed by atoms with Gasteiger partial charge in [-0.1, -0.05) is 26.2 Å². The van der Waals surface area contributed by atoms with Gasteiger partial charge in [0.05, 0.1) is 13.7 Å². The van der Waals surface area contributed by atoms with Crippen LogP contribution in [0.5, 0.6) is 5.75 Å². The molecular formula is C24H32NO3Se. The van der Waals surface area contributed by atoms with Crippen molar-refractivity contribution in [2.45, 2.75) is 52.0 Å². The standard InChI is InChI=1S/C18H27NO3.C6H5Se/c1-4-6-7-8-13-11-14-12-15(21-3)9-10-16(14)19-17(13)18(20)22-5-2;7-6-4-2-1-3-5-6/h9-10,12-13,17,19H,4-8,11H2,1-3H3;1-5H. The number of hydrogen-bond donors (Lipinski definition) is 1. The third-order valence-corrected chi connectivity index (χ3v) is 5.61. The van der Waals surface area contributed by atoms with Crippen LogP contribution in [0.4, 0.5) is 5.69 Å². The quantitative estimate of drug-likeness (QED) is 0.380. The second-order valence-electron chi connectivity index (χ2n) is 7.17. The molecule has 0 bridgehead atoms. The SMILES string of the molecule is CCCCCC1Cc2cc(OC)ccc2NC1C(=O)OCC.[Se]c1ccccc1. The Hall–Kier alpha value is -1.97. The summed E-state index contributed by atoms with van der Waals surface area (Å²) in [4.78, 5) is 12.3. The molecule has 2 aromatic carbocycles. The molecule has 1 N–H and O–H groups in total. The van der Waals surface area contributed by atoms with Gasteiger partial charge in [0.2, 0.25) is 0 Å². The zero-order valence-electron chi connectivity index (χ0n) is 17.6. The first kappa shape index (κ1) is 23.3. The fourth-order valence-electron chi connectivity index (χ4n) is 3.52. The Morgan fingerprint density at radius 2 is 1.90 bits per heavy atom. The van der Waals surface area contributed by atoms with E-state index in [-0.39, 0.29) is 17.9 Å². The van der Waals surface area contributed by atoms with Gasteiger partial charge in [0.15, 0.2) is 0 Å². The number of unbranched alkanes of at least 4 members (excludes halogenated alkanes) is 2. The van der Waals surface area contributed by atoms with E-state index in [0.29, 0.717) is 6.61 Å². The number of methoxy groups -OCH3 is 1. The van der Waals surface area contributed by atoms with Gasteiger partial charge in [-0.05, 0) is 49.4 Å². The first-order valence-electron chi connectivity index (χ1n) is 10.4. The molecule has 2 unspecified atom stereocenters. The third-order valence-electron chi connectivity index (χ3n) is 5.04. The minimum atomic E-state index is -0.238. The van der Waals surface area contributed by atoms with Crippen LogP contribution in [0.2, 0.25) is 0 Å². The van der Waals surface area contributed by atoms with Crippen LogP contribution in [0.1, 0.15) is 45.1 Å². The molecule has 1 heterocycles. The van der Waals surface area contributed by atoms with Crippen molar-refractivity contribution in [1.29, 1.82) is 0 Å². The van der Waals surface area contributed by atoms with E-state index in [0.717, 1.165) is 30.7 Å². The van der Waals surface area contributed by atoms with Gasteiger partial charge in [0, 0.05) is 5.69 Å². The van der Waals surface area contributed by atoms with Crippen molar-refractivity contribution in [3.8, 4) is 5.75 Å². The molecule has 3 rings (SSSR count). The van der Waals surface area contributed by atoms with Gasteiger partial charge in [-0.15, -0.1) is 0 Å². The van der Waals surface area contributed by atoms with Gasteiger partial charge in [-0.2, -0.15) is 0 Å². The first-order chi connectivity index (χ1) is 14.1. The Morgan fingerprint density at radius 3 is 2.48 bits per heavy atom. The first-order valence-corrected chi connectivity index (χ1v) is 11.3. The number of hydrogen-bond acceptors (Lipinski definition) is 4. The summed E-state index contributed by atoms with van der Waals surface area (Å²) in [5, 5.41) is 3.38. The molecule has 0 aliphatic carbocycles. The molecule has 1 radical (unpaired) electrons. The molecule has 4 nitrogen and oxygen atoms in total. The molecule has 0 saturated carbocycles. The van der Waals surface area contributed by atoms with Crippen LogP contribution in [-0.4, -0.2) is 41.7 Å². The van der Waals surface area contributed by atoms with Crippen LogP contribution in [0.15, 0.2) is 48.5 Å². The molecule has 0 saturated heterocycles. The minimum absolute atomic E-state index is 0.134. The van der Waals surface area contributed by atoms with Gasteiger partial charge in [-0.25, -0.2) is 4.79 Å². The predicted molar refractivity (Wildman–Crippen MR) is 120 cm³/mol. The molecule has 29 heavy (non-hydrogen) atoms. The van der Waals surface area contributed by atoms with E-state index in [1.165, 1.54) is 22.9 Å². The Balaban J connectivity index is 0.000000360. The van der Waals surface area contributed by atoms with Crippen molar-refractivity contribution in [3.05, 3.63) is 54.1 Å². The van der Waals surface area contributed by atoms with E-state index in [2.05, 4.69) is 34.3 Å². The second kappa shape index (κ2) is 12.6. The summed E-state index contributed by atoms with van der Waals surface area (Å²) in [6, 6.07) is 15.8. The number of nitrogens with one attached hydrogen (secondary N) is 1. The van der Waals surface area contributed by atoms with Crippen LogP contribution in [0.25, 0.3) is 0 Å². The average molecular weight is 461 g/mol. The van der Waals surface area contributed by atoms with Crippen molar-refractivity contribution in [2.24, 2.45) is 5.92 Å². The fraction of sp³-hybridized carbons (Fsp3) is 0.458. The number of carbonyl (C=O) groups excluding carboxylic acids is 1. The van der Waals surface area contributed by atoms with Crippen LogP contribution >= 0.6 is 0 Å². The number of anilines is 1. The molecule has 0 aromatic heterocycles. The van der Waals surface area contributed by atoms with Crippen LogP contribution in [0, 0.1) is 5.92 Å². The Bertz CT molecular complexity index is 751. The molecule has 2 atom stereocenters. The number of fused-ring (bicyclic) bond motifs is 1. The van der Waals surface area contributed by atoms with Crippen molar-refractivity contribution in [1.82, 2.24) is 0 Å². The molecule has 0 amide bonds. The number of esters is 1. The molecule has 0 fully saturated rings. The van der Waals surface area contributed by atoms with Gasteiger partial charge in [-0.3, -0.25) is 0 Å². The van der Waals surface area contributed by atoms with Crippen molar-refractivity contribution < 1.29 is 14.3 Å². The zero-order chi connectivity index (χ0) is 21.1. The summed E-state index contributed by atoms with van der Waals surface area (Å²) in [5.74, 6) is 1.01. The van der Waals surface area contributed by atoms with E-state index in [4.69, 9.17) is 9.47 Å². The van der Waals surface area contributed by atoms with Gasteiger partial charge in [0.25, 0.3) is 0 Å².